The molecule has 0 spiro atoms. The highest BCUT2D eigenvalue weighted by molar-refractivity contribution is 5.49. The fraction of sp³-hybridized carbons (Fsp3) is 0.286. The van der Waals surface area contributed by atoms with Gasteiger partial charge in [-0.2, -0.15) is 0 Å². The summed E-state index contributed by atoms with van der Waals surface area (Å²) in [5.74, 6) is 0.625. The van der Waals surface area contributed by atoms with Crippen molar-refractivity contribution in [2.75, 3.05) is 25.2 Å². The molecule has 5 heteroatoms. The first-order valence-corrected chi connectivity index (χ1v) is 3.41. The van der Waals surface area contributed by atoms with Gasteiger partial charge in [0.05, 0.1) is 19.9 Å². The lowest BCUT2D eigenvalue weighted by molar-refractivity contribution is 0.267. The molecule has 12 heavy (non-hydrogen) atoms. The van der Waals surface area contributed by atoms with Gasteiger partial charge in [-0.15, -0.1) is 0 Å². The van der Waals surface area contributed by atoms with E-state index in [1.807, 2.05) is 0 Å². The summed E-state index contributed by atoms with van der Waals surface area (Å²) in [5.41, 5.74) is 6.08. The normalized spacial score (nSPS) is 9.50. The SMILES string of the molecule is CONc1ccnc(NOC)c1. The van der Waals surface area contributed by atoms with Gasteiger partial charge in [0.2, 0.25) is 0 Å². The summed E-state index contributed by atoms with van der Waals surface area (Å²) < 4.78 is 0. The summed E-state index contributed by atoms with van der Waals surface area (Å²) in [6.45, 7) is 0. The summed E-state index contributed by atoms with van der Waals surface area (Å²) in [5, 5.41) is 0. The molecule has 1 aromatic heterocycles. The smallest absolute Gasteiger partial charge is 0.151 e. The topological polar surface area (TPSA) is 55.4 Å². The number of anilines is 2. The van der Waals surface area contributed by atoms with Crippen LogP contribution in [0.15, 0.2) is 18.3 Å². The number of nitrogens with zero attached hydrogens (tertiary/aromatic N) is 1. The standard InChI is InChI=1S/C7H11N3O2/c1-11-9-6-3-4-8-7(5-6)10-12-2/h3-5H,1-2H3,(H2,8,9,10). The van der Waals surface area contributed by atoms with Crippen LogP contribution in [0.3, 0.4) is 0 Å². The van der Waals surface area contributed by atoms with Crippen LogP contribution < -0.4 is 11.0 Å². The molecule has 5 nitrogen and oxygen atoms in total. The lowest BCUT2D eigenvalue weighted by atomic mass is 10.4. The summed E-state index contributed by atoms with van der Waals surface area (Å²) in [7, 11) is 3.07. The zero-order valence-electron chi connectivity index (χ0n) is 7.00. The van der Waals surface area contributed by atoms with Crippen LogP contribution in [0, 0.1) is 0 Å². The molecule has 0 aliphatic carbocycles. The van der Waals surface area contributed by atoms with E-state index in [2.05, 4.69) is 20.8 Å². The minimum absolute atomic E-state index is 0.625. The molecular weight excluding hydrogens is 158 g/mol. The van der Waals surface area contributed by atoms with Crippen LogP contribution in [0.25, 0.3) is 0 Å². The van der Waals surface area contributed by atoms with E-state index in [0.717, 1.165) is 5.69 Å². The lowest BCUT2D eigenvalue weighted by Crippen LogP contribution is -2.00. The van der Waals surface area contributed by atoms with Gasteiger partial charge >= 0.3 is 0 Å². The van der Waals surface area contributed by atoms with E-state index in [-0.39, 0.29) is 0 Å². The van der Waals surface area contributed by atoms with Gasteiger partial charge in [-0.25, -0.2) is 10.5 Å². The number of aromatic nitrogens is 1. The zero-order chi connectivity index (χ0) is 8.81. The molecule has 1 aromatic rings. The van der Waals surface area contributed by atoms with Gasteiger partial charge in [0, 0.05) is 12.3 Å². The monoisotopic (exact) mass is 169 g/mol. The minimum Gasteiger partial charge on any atom is -0.279 e. The quantitative estimate of drug-likeness (QED) is 0.659. The highest BCUT2D eigenvalue weighted by Gasteiger charge is 1.93. The van der Waals surface area contributed by atoms with Crippen LogP contribution in [-0.2, 0) is 9.68 Å². The lowest BCUT2D eigenvalue weighted by Gasteiger charge is -2.05. The van der Waals surface area contributed by atoms with Crippen molar-refractivity contribution in [1.29, 1.82) is 0 Å². The Bertz CT molecular complexity index is 221. The third-order valence-corrected chi connectivity index (χ3v) is 1.19. The van der Waals surface area contributed by atoms with Gasteiger partial charge in [0.25, 0.3) is 0 Å². The first-order valence-electron chi connectivity index (χ1n) is 3.41. The zero-order valence-corrected chi connectivity index (χ0v) is 7.00. The van der Waals surface area contributed by atoms with Crippen LogP contribution in [-0.4, -0.2) is 19.2 Å². The van der Waals surface area contributed by atoms with Gasteiger partial charge in [0.1, 0.15) is 0 Å². The van der Waals surface area contributed by atoms with Crippen molar-refractivity contribution in [3.63, 3.8) is 0 Å². The van der Waals surface area contributed by atoms with E-state index >= 15 is 0 Å². The van der Waals surface area contributed by atoms with Crippen LogP contribution in [0.4, 0.5) is 11.5 Å². The maximum atomic E-state index is 4.71. The Kier molecular flexibility index (Phi) is 3.31. The summed E-state index contributed by atoms with van der Waals surface area (Å²) >= 11 is 0. The maximum absolute atomic E-state index is 4.71. The van der Waals surface area contributed by atoms with E-state index in [4.69, 9.17) is 4.84 Å². The van der Waals surface area contributed by atoms with Gasteiger partial charge < -0.3 is 0 Å². The van der Waals surface area contributed by atoms with Crippen molar-refractivity contribution < 1.29 is 9.68 Å². The average molecular weight is 169 g/mol. The Morgan fingerprint density at radius 1 is 1.25 bits per heavy atom. The minimum atomic E-state index is 0.625. The first-order chi connectivity index (χ1) is 5.86. The third-order valence-electron chi connectivity index (χ3n) is 1.19. The second-order valence-electron chi connectivity index (χ2n) is 2.04. The highest BCUT2D eigenvalue weighted by atomic mass is 16.6. The molecule has 66 valence electrons. The molecule has 0 bridgehead atoms. The Hall–Kier alpha value is -1.33. The first kappa shape index (κ1) is 8.76. The Morgan fingerprint density at radius 2 is 2.00 bits per heavy atom. The molecule has 0 fully saturated rings. The second kappa shape index (κ2) is 4.53. The molecule has 0 saturated heterocycles. The molecular formula is C7H11N3O2. The van der Waals surface area contributed by atoms with E-state index in [0.29, 0.717) is 5.82 Å². The molecule has 0 radical (unpaired) electrons. The molecule has 0 atom stereocenters. The highest BCUT2D eigenvalue weighted by Crippen LogP contribution is 2.10. The third kappa shape index (κ3) is 2.37. The van der Waals surface area contributed by atoms with Crippen molar-refractivity contribution >= 4 is 11.5 Å². The molecule has 0 unspecified atom stereocenters. The van der Waals surface area contributed by atoms with Crippen LogP contribution >= 0.6 is 0 Å². The molecule has 0 saturated carbocycles. The summed E-state index contributed by atoms with van der Waals surface area (Å²) in [6.07, 6.45) is 1.64. The summed E-state index contributed by atoms with van der Waals surface area (Å²) in [4.78, 5) is 13.4. The fourth-order valence-electron chi connectivity index (χ4n) is 0.772. The molecule has 1 heterocycles. The van der Waals surface area contributed by atoms with Crippen molar-refractivity contribution in [3.05, 3.63) is 18.3 Å². The number of hydrogen-bond acceptors (Lipinski definition) is 5. The predicted octanol–water partition coefficient (Wildman–Crippen LogP) is 1.03. The van der Waals surface area contributed by atoms with Gasteiger partial charge in [-0.05, 0) is 6.07 Å². The molecule has 0 aromatic carbocycles. The van der Waals surface area contributed by atoms with Crippen molar-refractivity contribution in [2.24, 2.45) is 0 Å². The Morgan fingerprint density at radius 3 is 2.67 bits per heavy atom. The largest absolute Gasteiger partial charge is 0.279 e. The molecule has 0 aliphatic heterocycles. The van der Waals surface area contributed by atoms with E-state index in [9.17, 15) is 0 Å². The molecule has 0 aliphatic rings. The molecule has 2 N–H and O–H groups in total. The number of rotatable bonds is 4. The van der Waals surface area contributed by atoms with Crippen molar-refractivity contribution in [2.45, 2.75) is 0 Å². The number of hydrogen-bond donors (Lipinski definition) is 2. The second-order valence-corrected chi connectivity index (χ2v) is 2.04. The maximum Gasteiger partial charge on any atom is 0.151 e. The van der Waals surface area contributed by atoms with Crippen LogP contribution in [0.5, 0.6) is 0 Å². The van der Waals surface area contributed by atoms with Gasteiger partial charge in [-0.1, -0.05) is 0 Å². The average Bonchev–Trinajstić information content (AvgIpc) is 2.06. The Labute approximate surface area is 70.6 Å². The molecule has 1 rings (SSSR count). The van der Waals surface area contributed by atoms with E-state index in [1.165, 1.54) is 7.11 Å². The van der Waals surface area contributed by atoms with E-state index < -0.39 is 0 Å². The summed E-state index contributed by atoms with van der Waals surface area (Å²) in [6, 6.07) is 3.54. The van der Waals surface area contributed by atoms with Crippen LogP contribution in [0.2, 0.25) is 0 Å². The van der Waals surface area contributed by atoms with Gasteiger partial charge in [0.15, 0.2) is 5.82 Å². The number of nitrogens with one attached hydrogen (secondary N) is 2. The number of pyridine rings is 1. The Balaban J connectivity index is 2.67. The van der Waals surface area contributed by atoms with Crippen LogP contribution in [0.1, 0.15) is 0 Å². The van der Waals surface area contributed by atoms with E-state index in [1.54, 1.807) is 25.4 Å². The van der Waals surface area contributed by atoms with Gasteiger partial charge in [-0.3, -0.25) is 15.2 Å². The fourth-order valence-corrected chi connectivity index (χ4v) is 0.772. The predicted molar refractivity (Wildman–Crippen MR) is 45.5 cm³/mol. The van der Waals surface area contributed by atoms with Crippen molar-refractivity contribution in [3.8, 4) is 0 Å². The molecule has 0 amide bonds. The van der Waals surface area contributed by atoms with Crippen molar-refractivity contribution in [1.82, 2.24) is 4.98 Å².